The molecule has 0 N–H and O–H groups in total. The van der Waals surface area contributed by atoms with Crippen molar-refractivity contribution < 1.29 is 21.2 Å². The fraction of sp³-hybridized carbons (Fsp3) is 1.00. The number of rotatable bonds is 8. The van der Waals surface area contributed by atoms with Crippen molar-refractivity contribution in [2.24, 2.45) is 0 Å². The first-order valence-corrected chi connectivity index (χ1v) is 8.00. The zero-order chi connectivity index (χ0) is 8.36. The van der Waals surface area contributed by atoms with E-state index in [9.17, 15) is 0 Å². The molecule has 0 amide bonds. The van der Waals surface area contributed by atoms with Crippen LogP contribution in [-0.4, -0.2) is 8.86 Å². The summed E-state index contributed by atoms with van der Waals surface area (Å²) in [6, 6.07) is 0. The normalized spacial score (nSPS) is 10.4. The third-order valence-electron chi connectivity index (χ3n) is 1.74. The van der Waals surface area contributed by atoms with E-state index in [1.807, 2.05) is 0 Å². The van der Waals surface area contributed by atoms with Gasteiger partial charge in [0, 0.05) is 0 Å². The van der Waals surface area contributed by atoms with Gasteiger partial charge in [0.05, 0.1) is 0 Å². The Morgan fingerprint density at radius 1 is 0.727 bits per heavy atom. The molecule has 0 atom stereocenters. The van der Waals surface area contributed by atoms with E-state index in [0.717, 1.165) is 0 Å². The quantitative estimate of drug-likeness (QED) is 0.341. The summed E-state index contributed by atoms with van der Waals surface area (Å²) in [7, 11) is 0. The van der Waals surface area contributed by atoms with Crippen LogP contribution in [-0.2, 0) is 0 Å². The molecular weight excluding hydrogens is 247 g/mol. The molecule has 0 rings (SSSR count). The monoisotopic (exact) mass is 269 g/mol. The third kappa shape index (κ3) is 10.7. The number of hydrogen-bond donors (Lipinski definition) is 0. The summed E-state index contributed by atoms with van der Waals surface area (Å²) in [6.07, 6.45) is 8.73. The van der Waals surface area contributed by atoms with E-state index in [-0.39, 0.29) is 0 Å². The second kappa shape index (κ2) is 10.7. The Morgan fingerprint density at radius 3 is 1.55 bits per heavy atom. The molecule has 0 unspecified atom stereocenters. The summed E-state index contributed by atoms with van der Waals surface area (Å²) >= 11 is 0.600. The zero-order valence-corrected chi connectivity index (χ0v) is 10.2. The van der Waals surface area contributed by atoms with Gasteiger partial charge in [-0.3, -0.25) is 0 Å². The van der Waals surface area contributed by atoms with Gasteiger partial charge in [0.15, 0.2) is 0 Å². The highest BCUT2D eigenvalue weighted by molar-refractivity contribution is 4.34. The SMILES string of the molecule is CCCCC[I+]CCCCC. The summed E-state index contributed by atoms with van der Waals surface area (Å²) < 4.78 is 3.16. The lowest BCUT2D eigenvalue weighted by atomic mass is 10.3. The predicted octanol–water partition coefficient (Wildman–Crippen LogP) is 0.456. The first-order valence-electron chi connectivity index (χ1n) is 4.95. The molecule has 0 bridgehead atoms. The molecular formula is C10H22I+. The minimum atomic E-state index is 0.600. The third-order valence-corrected chi connectivity index (χ3v) is 4.79. The molecule has 0 aromatic heterocycles. The smallest absolute Gasteiger partial charge is 0.0654 e. The number of halogens is 1. The minimum absolute atomic E-state index is 0.600. The van der Waals surface area contributed by atoms with Gasteiger partial charge in [-0.05, 0) is 25.7 Å². The van der Waals surface area contributed by atoms with Crippen LogP contribution in [0.3, 0.4) is 0 Å². The van der Waals surface area contributed by atoms with E-state index >= 15 is 0 Å². The molecule has 0 saturated carbocycles. The van der Waals surface area contributed by atoms with Gasteiger partial charge in [-0.15, -0.1) is 0 Å². The van der Waals surface area contributed by atoms with Crippen molar-refractivity contribution in [1.82, 2.24) is 0 Å². The van der Waals surface area contributed by atoms with Crippen molar-refractivity contribution in [3.63, 3.8) is 0 Å². The highest BCUT2D eigenvalue weighted by atomic mass is 127. The van der Waals surface area contributed by atoms with Gasteiger partial charge in [0.2, 0.25) is 0 Å². The standard InChI is InChI=1S/C10H22I/c1-3-5-7-9-11-10-8-6-4-2/h3-10H2,1-2H3/q+1. The van der Waals surface area contributed by atoms with Crippen LogP contribution in [0.4, 0.5) is 0 Å². The van der Waals surface area contributed by atoms with Gasteiger partial charge in [-0.1, -0.05) is 26.7 Å². The fourth-order valence-corrected chi connectivity index (χ4v) is 3.67. The van der Waals surface area contributed by atoms with Crippen LogP contribution in [0, 0.1) is 0 Å². The summed E-state index contributed by atoms with van der Waals surface area (Å²) in [6.45, 7) is 4.57. The lowest BCUT2D eigenvalue weighted by Crippen LogP contribution is -3.63. The number of unbranched alkanes of at least 4 members (excludes halogenated alkanes) is 4. The highest BCUT2D eigenvalue weighted by Crippen LogP contribution is 1.89. The van der Waals surface area contributed by atoms with Crippen molar-refractivity contribution in [2.45, 2.75) is 52.4 Å². The summed E-state index contributed by atoms with van der Waals surface area (Å²) in [5, 5.41) is 0. The van der Waals surface area contributed by atoms with Gasteiger partial charge in [-0.25, -0.2) is 0 Å². The van der Waals surface area contributed by atoms with Crippen LogP contribution < -0.4 is 21.2 Å². The Balaban J connectivity index is 2.69. The van der Waals surface area contributed by atoms with Crippen molar-refractivity contribution in [3.05, 3.63) is 0 Å². The van der Waals surface area contributed by atoms with Gasteiger partial charge in [0.1, 0.15) is 8.86 Å². The van der Waals surface area contributed by atoms with E-state index in [1.54, 1.807) is 8.86 Å². The number of hydrogen-bond acceptors (Lipinski definition) is 0. The largest absolute Gasteiger partial charge is 0.268 e. The predicted molar refractivity (Wildman–Crippen MR) is 48.8 cm³/mol. The molecule has 11 heavy (non-hydrogen) atoms. The van der Waals surface area contributed by atoms with E-state index in [2.05, 4.69) is 13.8 Å². The Kier molecular flexibility index (Phi) is 11.4. The van der Waals surface area contributed by atoms with Crippen LogP contribution in [0.25, 0.3) is 0 Å². The summed E-state index contributed by atoms with van der Waals surface area (Å²) in [5.74, 6) is 0. The van der Waals surface area contributed by atoms with E-state index < -0.39 is 0 Å². The summed E-state index contributed by atoms with van der Waals surface area (Å²) in [5.41, 5.74) is 0. The molecule has 0 heterocycles. The molecule has 0 aliphatic carbocycles. The second-order valence-electron chi connectivity index (χ2n) is 2.98. The summed E-state index contributed by atoms with van der Waals surface area (Å²) in [4.78, 5) is 0. The molecule has 0 aliphatic heterocycles. The topological polar surface area (TPSA) is 0 Å². The average molecular weight is 269 g/mol. The molecule has 0 fully saturated rings. The van der Waals surface area contributed by atoms with Crippen molar-refractivity contribution in [1.29, 1.82) is 0 Å². The van der Waals surface area contributed by atoms with Gasteiger partial charge < -0.3 is 0 Å². The fourth-order valence-electron chi connectivity index (χ4n) is 0.972. The zero-order valence-electron chi connectivity index (χ0n) is 8.03. The Hall–Kier alpha value is 0.730. The van der Waals surface area contributed by atoms with Gasteiger partial charge in [-0.2, -0.15) is 0 Å². The average Bonchev–Trinajstić information content (AvgIpc) is 2.03. The van der Waals surface area contributed by atoms with Gasteiger partial charge in [0.25, 0.3) is 21.2 Å². The van der Waals surface area contributed by atoms with Crippen molar-refractivity contribution in [2.75, 3.05) is 8.86 Å². The molecule has 0 radical (unpaired) electrons. The number of alkyl halides is 2. The maximum Gasteiger partial charge on any atom is 0.268 e. The molecule has 68 valence electrons. The molecule has 0 aromatic rings. The Morgan fingerprint density at radius 2 is 1.18 bits per heavy atom. The maximum atomic E-state index is 2.29. The highest BCUT2D eigenvalue weighted by Gasteiger charge is 2.03. The molecule has 0 nitrogen and oxygen atoms in total. The van der Waals surface area contributed by atoms with Crippen molar-refractivity contribution >= 4 is 0 Å². The van der Waals surface area contributed by atoms with E-state index in [1.165, 1.54) is 38.5 Å². The van der Waals surface area contributed by atoms with Gasteiger partial charge >= 0.3 is 0 Å². The Labute approximate surface area is 82.4 Å². The molecule has 0 saturated heterocycles. The first kappa shape index (κ1) is 11.7. The molecule has 0 aliphatic rings. The minimum Gasteiger partial charge on any atom is -0.0654 e. The van der Waals surface area contributed by atoms with Crippen LogP contribution in [0.5, 0.6) is 0 Å². The lowest BCUT2D eigenvalue weighted by Gasteiger charge is -1.88. The molecule has 0 spiro atoms. The van der Waals surface area contributed by atoms with E-state index in [0.29, 0.717) is 21.2 Å². The molecule has 1 heteroatoms. The lowest BCUT2D eigenvalue weighted by molar-refractivity contribution is -0.655. The van der Waals surface area contributed by atoms with Crippen LogP contribution in [0.15, 0.2) is 0 Å². The van der Waals surface area contributed by atoms with Crippen molar-refractivity contribution in [3.8, 4) is 0 Å². The molecule has 0 aromatic carbocycles. The van der Waals surface area contributed by atoms with Crippen LogP contribution >= 0.6 is 0 Å². The first-order chi connectivity index (χ1) is 5.41. The maximum absolute atomic E-state index is 2.29. The van der Waals surface area contributed by atoms with Crippen LogP contribution in [0.1, 0.15) is 52.4 Å². The second-order valence-corrected chi connectivity index (χ2v) is 6.22. The van der Waals surface area contributed by atoms with Crippen LogP contribution in [0.2, 0.25) is 0 Å². The Bertz CT molecular complexity index is 53.9. The van der Waals surface area contributed by atoms with E-state index in [4.69, 9.17) is 0 Å².